The highest BCUT2D eigenvalue weighted by Gasteiger charge is 2.37. The number of allylic oxidation sites excluding steroid dienone is 2. The molecule has 0 aliphatic heterocycles. The zero-order valence-corrected chi connectivity index (χ0v) is 24.5. The smallest absolute Gasteiger partial charge is 0.409 e. The topological polar surface area (TPSA) is 89.0 Å². The Hall–Kier alpha value is -4.62. The summed E-state index contributed by atoms with van der Waals surface area (Å²) in [5.74, 6) is 8.59. The van der Waals surface area contributed by atoms with Crippen molar-refractivity contribution in [3.8, 4) is 0 Å². The zero-order chi connectivity index (χ0) is 33.3. The van der Waals surface area contributed by atoms with Gasteiger partial charge >= 0.3 is 12.7 Å². The number of halogens is 6. The van der Waals surface area contributed by atoms with E-state index in [9.17, 15) is 26.3 Å². The van der Waals surface area contributed by atoms with E-state index in [1.807, 2.05) is 24.3 Å². The van der Waals surface area contributed by atoms with Gasteiger partial charge in [-0.15, -0.1) is 26.3 Å². The van der Waals surface area contributed by atoms with E-state index in [1.54, 1.807) is 48.5 Å². The molecule has 47 heavy (non-hydrogen) atoms. The second kappa shape index (κ2) is 12.9. The Balaban J connectivity index is 1.27. The van der Waals surface area contributed by atoms with Crippen LogP contribution in [0.3, 0.4) is 0 Å². The van der Waals surface area contributed by atoms with Gasteiger partial charge in [0.1, 0.15) is 11.5 Å². The minimum absolute atomic E-state index is 0.0284. The molecular weight excluding hydrogens is 626 g/mol. The van der Waals surface area contributed by atoms with Gasteiger partial charge in [-0.05, 0) is 56.0 Å². The second-order valence-electron chi connectivity index (χ2n) is 11.1. The minimum atomic E-state index is -4.93. The third kappa shape index (κ3) is 7.05. The van der Waals surface area contributed by atoms with E-state index in [0.29, 0.717) is 22.3 Å². The molecule has 4 atom stereocenters. The monoisotopic (exact) mass is 654 g/mol. The highest BCUT2D eigenvalue weighted by molar-refractivity contribution is 5.97. The van der Waals surface area contributed by atoms with Crippen molar-refractivity contribution in [1.82, 2.24) is 0 Å². The van der Waals surface area contributed by atoms with Crippen molar-refractivity contribution >= 4 is 33.7 Å². The number of benzene rings is 4. The maximum absolute atomic E-state index is 13.4. The summed E-state index contributed by atoms with van der Waals surface area (Å²) >= 11 is 0. The van der Waals surface area contributed by atoms with Crippen molar-refractivity contribution in [1.29, 1.82) is 0 Å². The van der Waals surface area contributed by atoms with Gasteiger partial charge in [-0.25, -0.2) is 11.8 Å². The SMILES string of the molecule is NOC(/C=C/C1C(OC(F)(F)F)=Cc2cccc3cccc1c23)CC(/C=C/C1C(OC(F)(F)F)=Cc2cccc3cccc1c23)ON. The predicted octanol–water partition coefficient (Wildman–Crippen LogP) is 8.66. The lowest BCUT2D eigenvalue weighted by atomic mass is 9.84. The van der Waals surface area contributed by atoms with Crippen molar-refractivity contribution in [2.45, 2.75) is 43.2 Å². The number of hydrogen-bond donors (Lipinski definition) is 2. The summed E-state index contributed by atoms with van der Waals surface area (Å²) in [7, 11) is 0. The number of nitrogens with two attached hydrogens (primary N) is 2. The lowest BCUT2D eigenvalue weighted by Crippen LogP contribution is -2.25. The summed E-state index contributed by atoms with van der Waals surface area (Å²) in [4.78, 5) is 10.2. The molecule has 0 aromatic heterocycles. The molecule has 2 aliphatic carbocycles. The molecule has 4 N–H and O–H groups in total. The van der Waals surface area contributed by atoms with Gasteiger partial charge in [0, 0.05) is 6.42 Å². The number of rotatable bonds is 10. The Morgan fingerprint density at radius 1 is 0.596 bits per heavy atom. The highest BCUT2D eigenvalue weighted by Crippen LogP contribution is 2.44. The van der Waals surface area contributed by atoms with Gasteiger partial charge in [0.2, 0.25) is 0 Å². The highest BCUT2D eigenvalue weighted by atomic mass is 19.4. The van der Waals surface area contributed by atoms with Crippen LogP contribution in [0, 0.1) is 0 Å². The van der Waals surface area contributed by atoms with Gasteiger partial charge in [-0.3, -0.25) is 9.68 Å². The molecule has 0 heterocycles. The molecular formula is C35H28F6N2O4. The van der Waals surface area contributed by atoms with E-state index < -0.39 is 36.8 Å². The molecule has 0 saturated heterocycles. The molecule has 12 heteroatoms. The van der Waals surface area contributed by atoms with Crippen LogP contribution in [0.25, 0.3) is 33.7 Å². The molecule has 0 spiro atoms. The average molecular weight is 655 g/mol. The number of hydrogen-bond acceptors (Lipinski definition) is 6. The van der Waals surface area contributed by atoms with Gasteiger partial charge in [0.25, 0.3) is 0 Å². The van der Waals surface area contributed by atoms with Gasteiger partial charge in [0.05, 0.1) is 24.0 Å². The van der Waals surface area contributed by atoms with Crippen LogP contribution in [-0.2, 0) is 19.1 Å². The first-order valence-electron chi connectivity index (χ1n) is 14.5. The third-order valence-corrected chi connectivity index (χ3v) is 8.13. The molecule has 4 unspecified atom stereocenters. The molecule has 244 valence electrons. The van der Waals surface area contributed by atoms with Crippen molar-refractivity contribution in [3.05, 3.63) is 131 Å². The summed E-state index contributed by atoms with van der Waals surface area (Å²) in [5.41, 5.74) is 2.35. The van der Waals surface area contributed by atoms with Gasteiger partial charge in [-0.1, -0.05) is 97.1 Å². The Kier molecular flexibility index (Phi) is 8.86. The largest absolute Gasteiger partial charge is 0.572 e. The molecule has 0 amide bonds. The van der Waals surface area contributed by atoms with E-state index in [0.717, 1.165) is 21.5 Å². The maximum atomic E-state index is 13.4. The van der Waals surface area contributed by atoms with Crippen LogP contribution in [-0.4, -0.2) is 24.9 Å². The molecule has 6 rings (SSSR count). The van der Waals surface area contributed by atoms with Crippen LogP contribution < -0.4 is 11.8 Å². The lowest BCUT2D eigenvalue weighted by Gasteiger charge is -2.27. The quantitative estimate of drug-likeness (QED) is 0.101. The maximum Gasteiger partial charge on any atom is 0.572 e. The van der Waals surface area contributed by atoms with Crippen LogP contribution in [0.4, 0.5) is 26.3 Å². The fraction of sp³-hybridized carbons (Fsp3) is 0.200. The molecule has 4 aromatic rings. The van der Waals surface area contributed by atoms with Gasteiger partial charge in [-0.2, -0.15) is 0 Å². The Labute approximate surface area is 265 Å². The van der Waals surface area contributed by atoms with E-state index in [4.69, 9.17) is 21.5 Å². The third-order valence-electron chi connectivity index (χ3n) is 8.13. The standard InChI is InChI=1S/C35H28F6N2O4/c36-34(37,38)44-30-17-22-9-1-5-20-7-3-11-28(32(20)22)26(30)15-13-24(46-42)19-25(47-43)14-16-27-29-12-4-8-21-6-2-10-23(33(21)29)18-31(27)45-35(39,40)41/h1-18,24-27H,19,42-43H2/b15-13+,16-14+. The Bertz CT molecular complexity index is 1770. The molecule has 0 saturated carbocycles. The predicted molar refractivity (Wildman–Crippen MR) is 165 cm³/mol. The van der Waals surface area contributed by atoms with Crippen molar-refractivity contribution in [2.75, 3.05) is 0 Å². The van der Waals surface area contributed by atoms with E-state index in [2.05, 4.69) is 9.47 Å². The van der Waals surface area contributed by atoms with Crippen molar-refractivity contribution < 1.29 is 45.5 Å². The number of alkyl halides is 6. The molecule has 2 aliphatic rings. The fourth-order valence-corrected chi connectivity index (χ4v) is 6.26. The average Bonchev–Trinajstić information content (AvgIpc) is 3.01. The zero-order valence-electron chi connectivity index (χ0n) is 24.5. The first kappa shape index (κ1) is 32.3. The fourth-order valence-electron chi connectivity index (χ4n) is 6.26. The van der Waals surface area contributed by atoms with Crippen LogP contribution in [0.15, 0.2) is 109 Å². The van der Waals surface area contributed by atoms with Gasteiger partial charge < -0.3 is 9.47 Å². The summed E-state index contributed by atoms with van der Waals surface area (Å²) in [5, 5.41) is 3.25. The van der Waals surface area contributed by atoms with Crippen molar-refractivity contribution in [2.24, 2.45) is 11.8 Å². The van der Waals surface area contributed by atoms with Crippen LogP contribution >= 0.6 is 0 Å². The molecule has 0 fully saturated rings. The normalized spacial score (nSPS) is 19.2. The molecule has 0 bridgehead atoms. The first-order chi connectivity index (χ1) is 22.4. The van der Waals surface area contributed by atoms with Crippen molar-refractivity contribution in [3.63, 3.8) is 0 Å². The number of ether oxygens (including phenoxy) is 2. The van der Waals surface area contributed by atoms with Gasteiger partial charge in [0.15, 0.2) is 0 Å². The van der Waals surface area contributed by atoms with E-state index >= 15 is 0 Å². The molecule has 4 aromatic carbocycles. The van der Waals surface area contributed by atoms with Crippen LogP contribution in [0.5, 0.6) is 0 Å². The Morgan fingerprint density at radius 2 is 0.979 bits per heavy atom. The van der Waals surface area contributed by atoms with E-state index in [-0.39, 0.29) is 17.9 Å². The van der Waals surface area contributed by atoms with E-state index in [1.165, 1.54) is 36.5 Å². The summed E-state index contributed by atoms with van der Waals surface area (Å²) in [6.07, 6.45) is -3.11. The van der Waals surface area contributed by atoms with Crippen LogP contribution in [0.2, 0.25) is 0 Å². The summed E-state index contributed by atoms with van der Waals surface area (Å²) < 4.78 is 89.4. The Morgan fingerprint density at radius 3 is 1.34 bits per heavy atom. The lowest BCUT2D eigenvalue weighted by molar-refractivity contribution is -0.307. The summed E-state index contributed by atoms with van der Waals surface area (Å²) in [6, 6.07) is 21.3. The molecule has 6 nitrogen and oxygen atoms in total. The summed E-state index contributed by atoms with van der Waals surface area (Å²) in [6.45, 7) is 0. The second-order valence-corrected chi connectivity index (χ2v) is 11.1. The first-order valence-corrected chi connectivity index (χ1v) is 14.5. The minimum Gasteiger partial charge on any atom is -0.409 e. The van der Waals surface area contributed by atoms with Crippen LogP contribution in [0.1, 0.15) is 40.5 Å². The molecule has 0 radical (unpaired) electrons.